The van der Waals surface area contributed by atoms with Gasteiger partial charge >= 0.3 is 5.97 Å². The van der Waals surface area contributed by atoms with Crippen molar-refractivity contribution < 1.29 is 9.90 Å². The van der Waals surface area contributed by atoms with E-state index < -0.39 is 5.97 Å². The minimum Gasteiger partial charge on any atom is -0.478 e. The van der Waals surface area contributed by atoms with Crippen molar-refractivity contribution in [2.75, 3.05) is 0 Å². The summed E-state index contributed by atoms with van der Waals surface area (Å²) < 4.78 is 1.99. The Kier molecular flexibility index (Phi) is 7.18. The van der Waals surface area contributed by atoms with E-state index in [1.54, 1.807) is 12.1 Å². The van der Waals surface area contributed by atoms with E-state index in [-0.39, 0.29) is 11.1 Å². The molecule has 0 bridgehead atoms. The van der Waals surface area contributed by atoms with E-state index in [1.165, 1.54) is 11.8 Å². The van der Waals surface area contributed by atoms with Crippen molar-refractivity contribution in [3.8, 4) is 11.1 Å². The third-order valence-corrected chi connectivity index (χ3v) is 7.18. The smallest absolute Gasteiger partial charge is 0.336 e. The van der Waals surface area contributed by atoms with Crippen molar-refractivity contribution in [2.45, 2.75) is 42.7 Å². The molecule has 0 saturated carbocycles. The van der Waals surface area contributed by atoms with Crippen LogP contribution in [0.4, 0.5) is 0 Å². The molecule has 0 saturated heterocycles. The molecule has 37 heavy (non-hydrogen) atoms. The normalized spacial score (nSPS) is 11.2. The van der Waals surface area contributed by atoms with Crippen molar-refractivity contribution in [3.05, 3.63) is 106 Å². The lowest BCUT2D eigenvalue weighted by Crippen LogP contribution is -2.15. The van der Waals surface area contributed by atoms with Gasteiger partial charge < -0.3 is 9.67 Å². The van der Waals surface area contributed by atoms with Crippen LogP contribution in [0.1, 0.15) is 41.5 Å². The van der Waals surface area contributed by atoms with Gasteiger partial charge in [0, 0.05) is 17.9 Å². The molecule has 0 aliphatic carbocycles. The van der Waals surface area contributed by atoms with E-state index in [0.29, 0.717) is 28.2 Å². The van der Waals surface area contributed by atoms with Crippen LogP contribution in [0.15, 0.2) is 93.6 Å². The molecule has 0 amide bonds. The third-order valence-electron chi connectivity index (χ3n) is 6.20. The Morgan fingerprint density at radius 2 is 1.73 bits per heavy atom. The Hall–Kier alpha value is -4.17. The first-order valence-electron chi connectivity index (χ1n) is 12.2. The Bertz CT molecular complexity index is 1610. The van der Waals surface area contributed by atoms with E-state index in [4.69, 9.17) is 4.98 Å². The summed E-state index contributed by atoms with van der Waals surface area (Å²) in [5.74, 6) is -0.104. The number of hydrogen-bond acceptors (Lipinski definition) is 5. The SMILES string of the molecule is CCCCc1nc2c(Sc3ccccc3)n[nH]c(=O)c2n1Cc1ccc(-c2ccccc2C(=O)O)cc1. The van der Waals surface area contributed by atoms with Gasteiger partial charge in [-0.1, -0.05) is 85.8 Å². The molecule has 0 aliphatic heterocycles. The summed E-state index contributed by atoms with van der Waals surface area (Å²) >= 11 is 1.48. The monoisotopic (exact) mass is 510 g/mol. The third kappa shape index (κ3) is 5.20. The van der Waals surface area contributed by atoms with E-state index >= 15 is 0 Å². The number of imidazole rings is 1. The van der Waals surface area contributed by atoms with Crippen LogP contribution in [0.25, 0.3) is 22.2 Å². The number of unbranched alkanes of at least 4 members (excludes halogenated alkanes) is 1. The van der Waals surface area contributed by atoms with Gasteiger partial charge in [0.25, 0.3) is 5.56 Å². The highest BCUT2D eigenvalue weighted by atomic mass is 32.2. The van der Waals surface area contributed by atoms with Crippen LogP contribution in [-0.2, 0) is 13.0 Å². The molecule has 0 fully saturated rings. The maximum absolute atomic E-state index is 13.0. The first kappa shape index (κ1) is 24.5. The molecule has 3 aromatic carbocycles. The van der Waals surface area contributed by atoms with Crippen molar-refractivity contribution >= 4 is 28.8 Å². The number of rotatable bonds is 9. The molecular formula is C29H26N4O3S. The van der Waals surface area contributed by atoms with E-state index in [9.17, 15) is 14.7 Å². The van der Waals surface area contributed by atoms with Gasteiger partial charge in [0.2, 0.25) is 0 Å². The highest BCUT2D eigenvalue weighted by Gasteiger charge is 2.19. The summed E-state index contributed by atoms with van der Waals surface area (Å²) in [6, 6.07) is 24.7. The molecule has 5 rings (SSSR count). The van der Waals surface area contributed by atoms with Gasteiger partial charge in [-0.15, -0.1) is 0 Å². The highest BCUT2D eigenvalue weighted by Crippen LogP contribution is 2.31. The van der Waals surface area contributed by atoms with Gasteiger partial charge in [0.1, 0.15) is 21.9 Å². The van der Waals surface area contributed by atoms with E-state index in [2.05, 4.69) is 17.1 Å². The lowest BCUT2D eigenvalue weighted by Gasteiger charge is -2.11. The van der Waals surface area contributed by atoms with E-state index in [0.717, 1.165) is 41.1 Å². The fourth-order valence-electron chi connectivity index (χ4n) is 4.35. The van der Waals surface area contributed by atoms with Gasteiger partial charge in [-0.2, -0.15) is 5.10 Å². The minimum absolute atomic E-state index is 0.264. The number of aryl methyl sites for hydroxylation is 1. The second kappa shape index (κ2) is 10.8. The average Bonchev–Trinajstić information content (AvgIpc) is 3.29. The number of carbonyl (C=O) groups is 1. The average molecular weight is 511 g/mol. The zero-order chi connectivity index (χ0) is 25.8. The predicted molar refractivity (Wildman–Crippen MR) is 145 cm³/mol. The summed E-state index contributed by atoms with van der Waals surface area (Å²) in [5, 5.41) is 17.2. The van der Waals surface area contributed by atoms with Gasteiger partial charge in [-0.3, -0.25) is 4.79 Å². The summed E-state index contributed by atoms with van der Waals surface area (Å²) in [6.45, 7) is 2.60. The van der Waals surface area contributed by atoms with Gasteiger partial charge in [0.15, 0.2) is 0 Å². The van der Waals surface area contributed by atoms with Gasteiger partial charge in [-0.05, 0) is 41.3 Å². The van der Waals surface area contributed by atoms with Crippen LogP contribution >= 0.6 is 11.8 Å². The molecule has 2 aromatic heterocycles. The van der Waals surface area contributed by atoms with Crippen molar-refractivity contribution in [2.24, 2.45) is 0 Å². The zero-order valence-corrected chi connectivity index (χ0v) is 21.2. The molecule has 2 heterocycles. The number of nitrogens with zero attached hydrogens (tertiary/aromatic N) is 3. The molecule has 0 aliphatic rings. The number of aromatic carboxylic acids is 1. The number of H-pyrrole nitrogens is 1. The molecule has 0 radical (unpaired) electrons. The fourth-order valence-corrected chi connectivity index (χ4v) is 5.19. The Morgan fingerprint density at radius 1 is 1.00 bits per heavy atom. The maximum Gasteiger partial charge on any atom is 0.336 e. The van der Waals surface area contributed by atoms with Gasteiger partial charge in [-0.25, -0.2) is 14.9 Å². The van der Waals surface area contributed by atoms with Crippen LogP contribution in [0.2, 0.25) is 0 Å². The lowest BCUT2D eigenvalue weighted by molar-refractivity contribution is 0.0697. The Balaban J connectivity index is 1.53. The number of carboxylic acid groups (broad SMARTS) is 1. The van der Waals surface area contributed by atoms with Crippen molar-refractivity contribution in [1.29, 1.82) is 0 Å². The molecule has 7 nitrogen and oxygen atoms in total. The highest BCUT2D eigenvalue weighted by molar-refractivity contribution is 7.99. The number of aromatic amines is 1. The van der Waals surface area contributed by atoms with Gasteiger partial charge in [0.05, 0.1) is 5.56 Å². The molecule has 186 valence electrons. The van der Waals surface area contributed by atoms with Crippen LogP contribution in [0.5, 0.6) is 0 Å². The summed E-state index contributed by atoms with van der Waals surface area (Å²) in [6.07, 6.45) is 2.73. The number of carboxylic acids is 1. The second-order valence-corrected chi connectivity index (χ2v) is 9.80. The maximum atomic E-state index is 13.0. The number of benzene rings is 3. The summed E-state index contributed by atoms with van der Waals surface area (Å²) in [5.41, 5.74) is 3.60. The fraction of sp³-hybridized carbons (Fsp3) is 0.172. The molecule has 0 unspecified atom stereocenters. The predicted octanol–water partition coefficient (Wildman–Crippen LogP) is 6.03. The largest absolute Gasteiger partial charge is 0.478 e. The number of hydrogen-bond donors (Lipinski definition) is 2. The standard InChI is InChI=1S/C29H26N4O3S/c1-2-3-13-24-30-25-26(27(34)31-32-28(25)37-21-9-5-4-6-10-21)33(24)18-19-14-16-20(17-15-19)22-11-7-8-12-23(22)29(35)36/h4-12,14-17H,2-3,13,18H2,1H3,(H,31,34)(H,35,36). The quantitative estimate of drug-likeness (QED) is 0.251. The molecule has 0 spiro atoms. The summed E-state index contributed by atoms with van der Waals surface area (Å²) in [7, 11) is 0. The van der Waals surface area contributed by atoms with Crippen LogP contribution in [0, 0.1) is 0 Å². The minimum atomic E-state index is -0.956. The molecule has 5 aromatic rings. The van der Waals surface area contributed by atoms with Crippen molar-refractivity contribution in [3.63, 3.8) is 0 Å². The summed E-state index contributed by atoms with van der Waals surface area (Å²) in [4.78, 5) is 30.5. The first-order valence-corrected chi connectivity index (χ1v) is 13.0. The Labute approximate surface area is 218 Å². The topological polar surface area (TPSA) is 101 Å². The van der Waals surface area contributed by atoms with Crippen LogP contribution in [0.3, 0.4) is 0 Å². The molecule has 8 heteroatoms. The molecule has 2 N–H and O–H groups in total. The van der Waals surface area contributed by atoms with E-state index in [1.807, 2.05) is 71.3 Å². The Morgan fingerprint density at radius 3 is 2.46 bits per heavy atom. The zero-order valence-electron chi connectivity index (χ0n) is 20.3. The van der Waals surface area contributed by atoms with Crippen LogP contribution < -0.4 is 5.56 Å². The number of nitrogens with one attached hydrogen (secondary N) is 1. The van der Waals surface area contributed by atoms with Crippen molar-refractivity contribution in [1.82, 2.24) is 19.7 Å². The number of aromatic nitrogens is 4. The lowest BCUT2D eigenvalue weighted by atomic mass is 9.99. The number of fused-ring (bicyclic) bond motifs is 1. The first-order chi connectivity index (χ1) is 18.0. The molecule has 0 atom stereocenters. The van der Waals surface area contributed by atoms with Crippen LogP contribution in [-0.4, -0.2) is 30.8 Å². The second-order valence-electron chi connectivity index (χ2n) is 8.74. The molecular weight excluding hydrogens is 484 g/mol.